The molecule has 2 heterocycles. The Morgan fingerprint density at radius 1 is 0.783 bits per heavy atom. The molecule has 2 aromatic heterocycles. The van der Waals surface area contributed by atoms with E-state index in [1.165, 1.54) is 0 Å². The number of nitrogens with zero attached hydrogens (tertiary/aromatic N) is 4. The first kappa shape index (κ1) is 38.7. The van der Waals surface area contributed by atoms with Crippen molar-refractivity contribution in [3.05, 3.63) is 96.9 Å². The van der Waals surface area contributed by atoms with Gasteiger partial charge in [-0.2, -0.15) is 26.3 Å². The van der Waals surface area contributed by atoms with Gasteiger partial charge in [0, 0.05) is 43.3 Å². The van der Waals surface area contributed by atoms with E-state index in [2.05, 4.69) is 15.3 Å². The van der Waals surface area contributed by atoms with Gasteiger partial charge in [0.2, 0.25) is 5.91 Å². The van der Waals surface area contributed by atoms with Gasteiger partial charge in [0.1, 0.15) is 0 Å². The maximum Gasteiger partial charge on any atom is 3.00 e. The van der Waals surface area contributed by atoms with Crippen LogP contribution in [0.25, 0.3) is 0 Å². The van der Waals surface area contributed by atoms with Crippen molar-refractivity contribution in [1.82, 2.24) is 19.8 Å². The van der Waals surface area contributed by atoms with Gasteiger partial charge >= 0.3 is 35.4 Å². The minimum atomic E-state index is -5.07. The van der Waals surface area contributed by atoms with Crippen LogP contribution in [0, 0.1) is 7.43 Å². The molecule has 0 bridgehead atoms. The number of hydrogen-bond donors (Lipinski definition) is 2. The first-order valence-electron chi connectivity index (χ1n) is 13.9. The second-order valence-electron chi connectivity index (χ2n) is 10.6. The summed E-state index contributed by atoms with van der Waals surface area (Å²) in [6, 6.07) is 10.7. The second kappa shape index (κ2) is 16.9. The van der Waals surface area contributed by atoms with E-state index in [9.17, 15) is 41.0 Å². The molecule has 46 heavy (non-hydrogen) atoms. The molecule has 2 atom stereocenters. The summed E-state index contributed by atoms with van der Waals surface area (Å²) in [4.78, 5) is 37.3. The Hall–Kier alpha value is -3.52. The Balaban J connectivity index is 0.00000368. The number of alkyl halides is 6. The first-order valence-corrected chi connectivity index (χ1v) is 13.9. The molecular formula is C31H34F6FeN5O3+2. The van der Waals surface area contributed by atoms with Gasteiger partial charge in [0.05, 0.1) is 35.6 Å². The minimum absolute atomic E-state index is 0. The predicted octanol–water partition coefficient (Wildman–Crippen LogP) is 6.30. The summed E-state index contributed by atoms with van der Waals surface area (Å²) >= 11 is 0. The summed E-state index contributed by atoms with van der Waals surface area (Å²) in [6.07, 6.45) is -4.22. The van der Waals surface area contributed by atoms with E-state index in [0.717, 1.165) is 12.8 Å². The normalized spacial score (nSPS) is 16.8. The monoisotopic (exact) mass is 694 g/mol. The zero-order valence-electron chi connectivity index (χ0n) is 24.8. The zero-order valence-corrected chi connectivity index (χ0v) is 25.9. The molecule has 1 unspecified atom stereocenters. The number of anilines is 1. The number of carbonyl (C=O) groups is 2. The third-order valence-electron chi connectivity index (χ3n) is 7.37. The third-order valence-corrected chi connectivity index (χ3v) is 7.37. The maximum absolute atomic E-state index is 13.4. The van der Waals surface area contributed by atoms with E-state index in [1.54, 1.807) is 58.6 Å². The SMILES string of the molecule is O=C(O)CN(Cc1ccccn1)[C@H]1CCCCC1N(CC(=O)Nc1cc(C(F)(F)F)cc(C(F)(F)F)c1)Cc1ccccn1.[CH3-].[Fe+3]. The van der Waals surface area contributed by atoms with Crippen molar-refractivity contribution >= 4 is 17.6 Å². The van der Waals surface area contributed by atoms with Gasteiger partial charge in [-0.1, -0.05) is 25.0 Å². The molecule has 3 aromatic rings. The van der Waals surface area contributed by atoms with Crippen molar-refractivity contribution in [2.24, 2.45) is 0 Å². The van der Waals surface area contributed by atoms with Gasteiger partial charge in [-0.05, 0) is 55.3 Å². The number of benzene rings is 1. The van der Waals surface area contributed by atoms with Gasteiger partial charge < -0.3 is 17.8 Å². The Morgan fingerprint density at radius 2 is 1.24 bits per heavy atom. The average molecular weight is 694 g/mol. The topological polar surface area (TPSA) is 98.7 Å². The van der Waals surface area contributed by atoms with Crippen LogP contribution in [0.1, 0.15) is 48.2 Å². The summed E-state index contributed by atoms with van der Waals surface area (Å²) < 4.78 is 80.3. The molecule has 8 nitrogen and oxygen atoms in total. The zero-order chi connectivity index (χ0) is 31.9. The van der Waals surface area contributed by atoms with Crippen LogP contribution in [-0.2, 0) is 52.1 Å². The van der Waals surface area contributed by atoms with Gasteiger partial charge in [0.15, 0.2) is 0 Å². The molecule has 0 saturated heterocycles. The number of carbonyl (C=O) groups excluding carboxylic acids is 1. The quantitative estimate of drug-likeness (QED) is 0.138. The molecular weight excluding hydrogens is 660 g/mol. The Kier molecular flexibility index (Phi) is 14.2. The number of halogens is 6. The van der Waals surface area contributed by atoms with Crippen molar-refractivity contribution in [3.63, 3.8) is 0 Å². The van der Waals surface area contributed by atoms with Crippen LogP contribution in [-0.4, -0.2) is 61.9 Å². The fraction of sp³-hybridized carbons (Fsp3) is 0.387. The number of amides is 1. The standard InChI is InChI=1S/C30H31F6N5O3.CH3.Fe/c31-29(32,33)20-13-21(30(34,35)36)15-24(14-20)39-27(42)18-40(16-22-7-3-5-11-37-22)25-9-1-2-10-26(25)41(19-28(43)44)17-23-8-4-6-12-38-23;;/h3-8,11-15,25-26H,1-2,9-10,16-19H2,(H,39,42)(H,43,44);1H3;/q;-1;+3/t25?,26-;;/m0../s1. The number of carboxylic acids is 1. The molecule has 2 N–H and O–H groups in total. The molecule has 0 spiro atoms. The number of nitrogens with one attached hydrogen (secondary N) is 1. The van der Waals surface area contributed by atoms with Crippen LogP contribution < -0.4 is 5.32 Å². The minimum Gasteiger partial charge on any atom is -0.480 e. The molecule has 1 aromatic carbocycles. The average Bonchev–Trinajstić information content (AvgIpc) is 2.96. The van der Waals surface area contributed by atoms with Crippen LogP contribution in [0.3, 0.4) is 0 Å². The second-order valence-corrected chi connectivity index (χ2v) is 10.6. The number of aliphatic carboxylic acids is 1. The van der Waals surface area contributed by atoms with E-state index < -0.39 is 41.0 Å². The smallest absolute Gasteiger partial charge is 0.480 e. The van der Waals surface area contributed by atoms with Gasteiger partial charge in [-0.3, -0.25) is 29.4 Å². The van der Waals surface area contributed by atoms with Crippen LogP contribution in [0.4, 0.5) is 32.0 Å². The summed E-state index contributed by atoms with van der Waals surface area (Å²) in [5.41, 5.74) is -2.49. The number of aromatic nitrogens is 2. The van der Waals surface area contributed by atoms with Crippen molar-refractivity contribution in [1.29, 1.82) is 0 Å². The number of hydrogen-bond acceptors (Lipinski definition) is 6. The Bertz CT molecular complexity index is 1380. The van der Waals surface area contributed by atoms with Crippen LogP contribution in [0.15, 0.2) is 67.0 Å². The summed E-state index contributed by atoms with van der Waals surface area (Å²) in [5.74, 6) is -1.88. The molecule has 1 radical (unpaired) electrons. The molecule has 249 valence electrons. The van der Waals surface area contributed by atoms with E-state index in [0.29, 0.717) is 36.4 Å². The van der Waals surface area contributed by atoms with Crippen LogP contribution in [0.2, 0.25) is 0 Å². The molecule has 1 aliphatic carbocycles. The fourth-order valence-electron chi connectivity index (χ4n) is 5.51. The number of carboxylic acid groups (broad SMARTS) is 1. The molecule has 4 rings (SSSR count). The Morgan fingerprint density at radius 3 is 1.63 bits per heavy atom. The molecule has 15 heteroatoms. The number of rotatable bonds is 11. The molecule has 1 aliphatic rings. The summed E-state index contributed by atoms with van der Waals surface area (Å²) in [6.45, 7) is -0.329. The van der Waals surface area contributed by atoms with Crippen molar-refractivity contribution < 1.29 is 58.1 Å². The third kappa shape index (κ3) is 11.1. The summed E-state index contributed by atoms with van der Waals surface area (Å²) in [7, 11) is 0. The van der Waals surface area contributed by atoms with Crippen molar-refractivity contribution in [3.8, 4) is 0 Å². The van der Waals surface area contributed by atoms with Crippen molar-refractivity contribution in [2.45, 2.75) is 63.2 Å². The maximum atomic E-state index is 13.4. The summed E-state index contributed by atoms with van der Waals surface area (Å²) in [5, 5.41) is 11.9. The van der Waals surface area contributed by atoms with Crippen LogP contribution >= 0.6 is 0 Å². The van der Waals surface area contributed by atoms with E-state index in [4.69, 9.17) is 0 Å². The fourth-order valence-corrected chi connectivity index (χ4v) is 5.51. The van der Waals surface area contributed by atoms with E-state index >= 15 is 0 Å². The van der Waals surface area contributed by atoms with Crippen LogP contribution in [0.5, 0.6) is 0 Å². The van der Waals surface area contributed by atoms with Gasteiger partial charge in [-0.15, -0.1) is 0 Å². The van der Waals surface area contributed by atoms with Crippen molar-refractivity contribution in [2.75, 3.05) is 18.4 Å². The molecule has 1 amide bonds. The largest absolute Gasteiger partial charge is 3.00 e. The number of pyridine rings is 2. The molecule has 1 saturated carbocycles. The molecule has 1 fully saturated rings. The molecule has 0 aliphatic heterocycles. The van der Waals surface area contributed by atoms with Gasteiger partial charge in [0.25, 0.3) is 0 Å². The predicted molar refractivity (Wildman–Crippen MR) is 154 cm³/mol. The first-order chi connectivity index (χ1) is 20.8. The van der Waals surface area contributed by atoms with E-state index in [1.807, 2.05) is 0 Å². The van der Waals surface area contributed by atoms with E-state index in [-0.39, 0.29) is 68.8 Å². The Labute approximate surface area is 273 Å². The van der Waals surface area contributed by atoms with Gasteiger partial charge in [-0.25, -0.2) is 0 Å².